The zero-order valence-electron chi connectivity index (χ0n) is 15.8. The summed E-state index contributed by atoms with van der Waals surface area (Å²) in [5.74, 6) is 0. The molecule has 0 N–H and O–H groups in total. The van der Waals surface area contributed by atoms with Crippen LogP contribution < -0.4 is 4.87 Å². The smallest absolute Gasteiger partial charge is 0.302 e. The number of likely N-dealkylation sites (tertiary alicyclic amines) is 1. The van der Waals surface area contributed by atoms with Crippen LogP contribution in [0.1, 0.15) is 38.5 Å². The van der Waals surface area contributed by atoms with Crippen LogP contribution in [0.25, 0.3) is 10.2 Å². The Kier molecular flexibility index (Phi) is 5.42. The maximum absolute atomic E-state index is 13.4. The molecule has 2 aliphatic heterocycles. The molecule has 6 nitrogen and oxygen atoms in total. The van der Waals surface area contributed by atoms with Gasteiger partial charge < -0.3 is 9.47 Å². The maximum atomic E-state index is 13.4. The van der Waals surface area contributed by atoms with Crippen LogP contribution in [-0.4, -0.2) is 54.4 Å². The van der Waals surface area contributed by atoms with Crippen LogP contribution in [0.5, 0.6) is 0 Å². The van der Waals surface area contributed by atoms with Crippen LogP contribution in [0, 0.1) is 0 Å². The third-order valence-electron chi connectivity index (χ3n) is 5.86. The van der Waals surface area contributed by atoms with Crippen molar-refractivity contribution in [2.45, 2.75) is 49.5 Å². The second kappa shape index (κ2) is 7.66. The third-order valence-corrected chi connectivity index (χ3v) is 8.80. The molecule has 148 valence electrons. The molecular weight excluding hydrogens is 382 g/mol. The molecule has 2 saturated heterocycles. The topological polar surface area (TPSA) is 62.6 Å². The van der Waals surface area contributed by atoms with Gasteiger partial charge in [0.15, 0.2) is 0 Å². The number of nitrogens with zero attached hydrogens (tertiary/aromatic N) is 3. The number of thiazole rings is 1. The molecule has 2 aliphatic rings. The Bertz CT molecular complexity index is 974. The van der Waals surface area contributed by atoms with E-state index < -0.39 is 10.0 Å². The van der Waals surface area contributed by atoms with Gasteiger partial charge in [0.2, 0.25) is 10.0 Å². The summed E-state index contributed by atoms with van der Waals surface area (Å²) < 4.78 is 30.8. The Morgan fingerprint density at radius 2 is 1.81 bits per heavy atom. The van der Waals surface area contributed by atoms with E-state index in [0.29, 0.717) is 11.4 Å². The van der Waals surface area contributed by atoms with E-state index in [9.17, 15) is 13.2 Å². The number of aryl methyl sites for hydroxylation is 1. The van der Waals surface area contributed by atoms with Crippen molar-refractivity contribution in [3.05, 3.63) is 27.9 Å². The van der Waals surface area contributed by atoms with Crippen molar-refractivity contribution in [2.24, 2.45) is 7.05 Å². The summed E-state index contributed by atoms with van der Waals surface area (Å²) in [6.07, 6.45) is 6.63. The number of hydrogen-bond donors (Lipinski definition) is 0. The molecule has 0 saturated carbocycles. The normalized spacial score (nSPS) is 23.1. The fourth-order valence-corrected chi connectivity index (χ4v) is 7.03. The summed E-state index contributed by atoms with van der Waals surface area (Å²) in [6, 6.07) is 5.12. The quantitative estimate of drug-likeness (QED) is 0.779. The Hall–Kier alpha value is -1.22. The fourth-order valence-electron chi connectivity index (χ4n) is 4.32. The second-order valence-electron chi connectivity index (χ2n) is 7.68. The molecule has 3 heterocycles. The van der Waals surface area contributed by atoms with Gasteiger partial charge in [-0.15, -0.1) is 0 Å². The summed E-state index contributed by atoms with van der Waals surface area (Å²) >= 11 is 1.10. The number of sulfonamides is 1. The Balaban J connectivity index is 1.63. The Morgan fingerprint density at radius 1 is 1.07 bits per heavy atom. The Labute approximate surface area is 164 Å². The first kappa shape index (κ1) is 19.1. The van der Waals surface area contributed by atoms with Crippen molar-refractivity contribution < 1.29 is 8.42 Å². The van der Waals surface area contributed by atoms with Gasteiger partial charge in [-0.1, -0.05) is 24.2 Å². The fraction of sp³-hybridized carbons (Fsp3) is 0.632. The first-order valence-corrected chi connectivity index (χ1v) is 12.1. The number of piperidine rings is 2. The van der Waals surface area contributed by atoms with Crippen molar-refractivity contribution in [1.82, 2.24) is 13.8 Å². The van der Waals surface area contributed by atoms with E-state index in [-0.39, 0.29) is 10.9 Å². The van der Waals surface area contributed by atoms with E-state index in [4.69, 9.17) is 0 Å². The van der Waals surface area contributed by atoms with Gasteiger partial charge in [-0.2, -0.15) is 4.31 Å². The molecular formula is C19H27N3O3S2. The standard InChI is InChI=1S/C19H27N3O3S2/c1-20-17-9-8-16(13-18(17)26-19(20)23)27(24,25)22-12-6-3-7-15(22)14-21-10-4-2-5-11-21/h8-9,13,15H,2-7,10-12,14H2,1H3/t15-/m0/s1. The maximum Gasteiger partial charge on any atom is 0.307 e. The van der Waals surface area contributed by atoms with Gasteiger partial charge in [-0.3, -0.25) is 4.79 Å². The van der Waals surface area contributed by atoms with Gasteiger partial charge in [-0.05, 0) is 57.0 Å². The summed E-state index contributed by atoms with van der Waals surface area (Å²) in [5, 5.41) is 0. The molecule has 4 rings (SSSR count). The predicted octanol–water partition coefficient (Wildman–Crippen LogP) is 2.63. The monoisotopic (exact) mass is 409 g/mol. The van der Waals surface area contributed by atoms with Crippen molar-refractivity contribution >= 4 is 31.6 Å². The minimum absolute atomic E-state index is 0.0482. The van der Waals surface area contributed by atoms with Crippen LogP contribution in [0.2, 0.25) is 0 Å². The van der Waals surface area contributed by atoms with Crippen LogP contribution in [0.4, 0.5) is 0 Å². The molecule has 1 aromatic carbocycles. The lowest BCUT2D eigenvalue weighted by molar-refractivity contribution is 0.150. The van der Waals surface area contributed by atoms with E-state index in [1.165, 1.54) is 19.3 Å². The molecule has 0 amide bonds. The summed E-state index contributed by atoms with van der Waals surface area (Å²) in [6.45, 7) is 3.58. The molecule has 1 atom stereocenters. The second-order valence-corrected chi connectivity index (χ2v) is 10.6. The summed E-state index contributed by atoms with van der Waals surface area (Å²) in [5.41, 5.74) is 0.785. The van der Waals surface area contributed by atoms with Gasteiger partial charge >= 0.3 is 4.87 Å². The minimum Gasteiger partial charge on any atom is -0.302 e. The molecule has 0 unspecified atom stereocenters. The molecule has 0 aliphatic carbocycles. The molecule has 2 fully saturated rings. The van der Waals surface area contributed by atoms with E-state index >= 15 is 0 Å². The van der Waals surface area contributed by atoms with Crippen LogP contribution in [0.3, 0.4) is 0 Å². The van der Waals surface area contributed by atoms with Crippen molar-refractivity contribution in [3.8, 4) is 0 Å². The van der Waals surface area contributed by atoms with Crippen molar-refractivity contribution in [3.63, 3.8) is 0 Å². The number of aromatic nitrogens is 1. The first-order chi connectivity index (χ1) is 13.0. The highest BCUT2D eigenvalue weighted by Gasteiger charge is 2.34. The predicted molar refractivity (Wildman–Crippen MR) is 109 cm³/mol. The lowest BCUT2D eigenvalue weighted by Gasteiger charge is -2.38. The van der Waals surface area contributed by atoms with Crippen molar-refractivity contribution in [1.29, 1.82) is 0 Å². The van der Waals surface area contributed by atoms with Gasteiger partial charge in [0.05, 0.1) is 15.1 Å². The highest BCUT2D eigenvalue weighted by atomic mass is 32.2. The van der Waals surface area contributed by atoms with Crippen molar-refractivity contribution in [2.75, 3.05) is 26.2 Å². The molecule has 2 aromatic rings. The number of fused-ring (bicyclic) bond motifs is 1. The summed E-state index contributed by atoms with van der Waals surface area (Å²) in [4.78, 5) is 14.6. The van der Waals surface area contributed by atoms with E-state index in [1.807, 2.05) is 0 Å². The van der Waals surface area contributed by atoms with Gasteiger partial charge in [0, 0.05) is 26.2 Å². The number of benzene rings is 1. The highest BCUT2D eigenvalue weighted by Crippen LogP contribution is 2.29. The average molecular weight is 410 g/mol. The van der Waals surface area contributed by atoms with Crippen LogP contribution in [0.15, 0.2) is 27.9 Å². The lowest BCUT2D eigenvalue weighted by atomic mass is 10.0. The summed E-state index contributed by atoms with van der Waals surface area (Å²) in [7, 11) is -1.84. The molecule has 8 heteroatoms. The zero-order chi connectivity index (χ0) is 19.0. The van der Waals surface area contributed by atoms with E-state index in [1.54, 1.807) is 34.1 Å². The third kappa shape index (κ3) is 3.72. The molecule has 0 bridgehead atoms. The molecule has 0 radical (unpaired) electrons. The molecule has 1 aromatic heterocycles. The number of rotatable bonds is 4. The van der Waals surface area contributed by atoms with Gasteiger partial charge in [0.25, 0.3) is 0 Å². The highest BCUT2D eigenvalue weighted by molar-refractivity contribution is 7.89. The largest absolute Gasteiger partial charge is 0.307 e. The Morgan fingerprint density at radius 3 is 2.59 bits per heavy atom. The minimum atomic E-state index is -3.55. The molecule has 0 spiro atoms. The van der Waals surface area contributed by atoms with E-state index in [0.717, 1.165) is 60.5 Å². The zero-order valence-corrected chi connectivity index (χ0v) is 17.4. The molecule has 27 heavy (non-hydrogen) atoms. The first-order valence-electron chi connectivity index (χ1n) is 9.80. The average Bonchev–Trinajstić information content (AvgIpc) is 2.96. The lowest BCUT2D eigenvalue weighted by Crippen LogP contribution is -2.50. The van der Waals surface area contributed by atoms with Crippen LogP contribution in [-0.2, 0) is 17.1 Å². The van der Waals surface area contributed by atoms with Gasteiger partial charge in [0.1, 0.15) is 0 Å². The SMILES string of the molecule is Cn1c(=O)sc2cc(S(=O)(=O)N3CCCC[C@H]3CN3CCCCC3)ccc21. The van der Waals surface area contributed by atoms with Gasteiger partial charge in [-0.25, -0.2) is 8.42 Å². The van der Waals surface area contributed by atoms with Crippen LogP contribution >= 0.6 is 11.3 Å². The number of hydrogen-bond acceptors (Lipinski definition) is 5. The van der Waals surface area contributed by atoms with E-state index in [2.05, 4.69) is 4.90 Å².